The van der Waals surface area contributed by atoms with Gasteiger partial charge >= 0.3 is 7.25 Å². The van der Waals surface area contributed by atoms with Gasteiger partial charge in [0.15, 0.2) is 6.20 Å². The van der Waals surface area contributed by atoms with Gasteiger partial charge in [-0.1, -0.05) is 153 Å². The minimum atomic E-state index is -6.00. The van der Waals surface area contributed by atoms with E-state index in [1.165, 1.54) is 66.6 Å². The molecule has 6 heteroatoms. The quantitative estimate of drug-likeness (QED) is 0.0658. The highest BCUT2D eigenvalue weighted by atomic mass is 19.5. The number of halogens is 4. The number of aryl methyl sites for hydroxylation is 1. The lowest BCUT2D eigenvalue weighted by molar-refractivity contribution is -0.684. The summed E-state index contributed by atoms with van der Waals surface area (Å²) in [7, 11) is -6.00. The predicted octanol–water partition coefficient (Wildman–Crippen LogP) is 12.2. The van der Waals surface area contributed by atoms with Gasteiger partial charge in [-0.25, -0.2) is 0 Å². The highest BCUT2D eigenvalue weighted by molar-refractivity contribution is 6.50. The van der Waals surface area contributed by atoms with Crippen LogP contribution in [0.25, 0.3) is 44.3 Å². The molecule has 0 atom stereocenters. The smallest absolute Gasteiger partial charge is 0.418 e. The molecular weight excluding hydrogens is 629 g/mol. The van der Waals surface area contributed by atoms with Gasteiger partial charge in [0, 0.05) is 22.8 Å². The molecule has 0 aliphatic carbocycles. The van der Waals surface area contributed by atoms with E-state index < -0.39 is 7.25 Å². The molecule has 0 saturated carbocycles. The fourth-order valence-electron chi connectivity index (χ4n) is 6.49. The maximum atomic E-state index is 9.75. The Morgan fingerprint density at radius 1 is 0.500 bits per heavy atom. The normalized spacial score (nSPS) is 11.1. The molecule has 1 heterocycles. The van der Waals surface area contributed by atoms with Gasteiger partial charge in [-0.2, -0.15) is 4.57 Å². The van der Waals surface area contributed by atoms with Crippen molar-refractivity contribution in [2.45, 2.75) is 19.9 Å². The fourth-order valence-corrected chi connectivity index (χ4v) is 6.49. The van der Waals surface area contributed by atoms with E-state index >= 15 is 0 Å². The minimum Gasteiger partial charge on any atom is -0.418 e. The number of fused-ring (bicyclic) bond motifs is 1. The van der Waals surface area contributed by atoms with Crippen LogP contribution in [0, 0.1) is 0 Å². The monoisotopic (exact) mass is 665 g/mol. The van der Waals surface area contributed by atoms with Crippen molar-refractivity contribution in [2.75, 3.05) is 0 Å². The summed E-state index contributed by atoms with van der Waals surface area (Å²) < 4.78 is 41.5. The second-order valence-corrected chi connectivity index (χ2v) is 11.9. The van der Waals surface area contributed by atoms with Crippen molar-refractivity contribution < 1.29 is 21.8 Å². The highest BCUT2D eigenvalue weighted by Crippen LogP contribution is 2.41. The Bertz CT molecular complexity index is 2140. The summed E-state index contributed by atoms with van der Waals surface area (Å²) >= 11 is 0. The Balaban J connectivity index is 0.000000808. The number of benzene rings is 6. The number of hydrogen-bond acceptors (Lipinski definition) is 0. The first-order chi connectivity index (χ1) is 24.3. The number of pyridine rings is 1. The van der Waals surface area contributed by atoms with Crippen LogP contribution in [0.1, 0.15) is 35.6 Å². The molecule has 7 aromatic rings. The number of aromatic nitrogens is 1. The minimum absolute atomic E-state index is 0.948. The molecule has 0 aliphatic rings. The molecule has 1 nitrogen and oxygen atoms in total. The fraction of sp³-hybridized carbons (Fsp3) is 0.0682. The van der Waals surface area contributed by atoms with Crippen LogP contribution in [0.2, 0.25) is 0 Å². The predicted molar refractivity (Wildman–Crippen MR) is 200 cm³/mol. The third-order valence-corrected chi connectivity index (χ3v) is 8.44. The molecule has 7 rings (SSSR count). The Morgan fingerprint density at radius 3 is 1.34 bits per heavy atom. The standard InChI is InChI=1S/C44H36N.BF4/c1-2-30-45-32-39-29-28-38(31-40(39)43(36-24-14-6-15-25-36)44(45)37-26-16-7-17-27-37)42(35-22-12-5-13-23-35)41(33-18-8-3-9-19-33)34-20-10-4-11-21-34;2-1(3,4)5/h3-29,31-32H,2,30H2,1H3;/q+1;-1. The zero-order chi connectivity index (χ0) is 34.9. The summed E-state index contributed by atoms with van der Waals surface area (Å²) in [4.78, 5) is 0. The first-order valence-electron chi connectivity index (χ1n) is 16.7. The Hall–Kier alpha value is -5.75. The van der Waals surface area contributed by atoms with Crippen molar-refractivity contribution in [3.8, 4) is 22.4 Å². The zero-order valence-corrected chi connectivity index (χ0v) is 27.7. The molecule has 1 aromatic heterocycles. The Labute approximate surface area is 290 Å². The van der Waals surface area contributed by atoms with Gasteiger partial charge < -0.3 is 17.3 Å². The van der Waals surface area contributed by atoms with E-state index in [4.69, 9.17) is 0 Å². The lowest BCUT2D eigenvalue weighted by Gasteiger charge is -2.19. The van der Waals surface area contributed by atoms with Gasteiger partial charge in [-0.05, 0) is 63.2 Å². The number of rotatable bonds is 8. The summed E-state index contributed by atoms with van der Waals surface area (Å²) in [6, 6.07) is 61.3. The molecule has 0 unspecified atom stereocenters. The van der Waals surface area contributed by atoms with Crippen molar-refractivity contribution >= 4 is 29.2 Å². The van der Waals surface area contributed by atoms with E-state index in [0.717, 1.165) is 13.0 Å². The summed E-state index contributed by atoms with van der Waals surface area (Å²) in [5.74, 6) is 0. The van der Waals surface area contributed by atoms with E-state index in [0.29, 0.717) is 0 Å². The van der Waals surface area contributed by atoms with E-state index in [9.17, 15) is 17.3 Å². The first-order valence-corrected chi connectivity index (χ1v) is 16.7. The van der Waals surface area contributed by atoms with Crippen molar-refractivity contribution in [1.82, 2.24) is 0 Å². The largest absolute Gasteiger partial charge is 0.673 e. The van der Waals surface area contributed by atoms with Crippen LogP contribution < -0.4 is 4.57 Å². The van der Waals surface area contributed by atoms with Gasteiger partial charge in [0.25, 0.3) is 0 Å². The summed E-state index contributed by atoms with van der Waals surface area (Å²) in [6.07, 6.45) is 3.40. The van der Waals surface area contributed by atoms with Crippen LogP contribution >= 0.6 is 0 Å². The summed E-state index contributed by atoms with van der Waals surface area (Å²) in [6.45, 7) is 3.20. The van der Waals surface area contributed by atoms with Crippen LogP contribution in [0.15, 0.2) is 176 Å². The Morgan fingerprint density at radius 2 is 0.900 bits per heavy atom. The number of nitrogens with zero attached hydrogens (tertiary/aromatic N) is 1. The molecule has 6 aromatic carbocycles. The Kier molecular flexibility index (Phi) is 10.7. The molecule has 0 radical (unpaired) electrons. The zero-order valence-electron chi connectivity index (χ0n) is 27.7. The van der Waals surface area contributed by atoms with Crippen molar-refractivity contribution in [1.29, 1.82) is 0 Å². The van der Waals surface area contributed by atoms with E-state index in [1.54, 1.807) is 0 Å². The maximum Gasteiger partial charge on any atom is 0.673 e. The topological polar surface area (TPSA) is 3.88 Å². The van der Waals surface area contributed by atoms with Crippen LogP contribution in [0.5, 0.6) is 0 Å². The second kappa shape index (κ2) is 15.6. The van der Waals surface area contributed by atoms with E-state index in [2.05, 4.69) is 188 Å². The molecule has 0 saturated heterocycles. The number of hydrogen-bond donors (Lipinski definition) is 0. The molecule has 50 heavy (non-hydrogen) atoms. The van der Waals surface area contributed by atoms with Crippen molar-refractivity contribution in [3.63, 3.8) is 0 Å². The second-order valence-electron chi connectivity index (χ2n) is 11.9. The average Bonchev–Trinajstić information content (AvgIpc) is 3.14. The van der Waals surface area contributed by atoms with Crippen LogP contribution in [0.3, 0.4) is 0 Å². The lowest BCUT2D eigenvalue weighted by Crippen LogP contribution is -2.36. The summed E-state index contributed by atoms with van der Waals surface area (Å²) in [5, 5.41) is 2.48. The molecule has 0 bridgehead atoms. The third-order valence-electron chi connectivity index (χ3n) is 8.44. The van der Waals surface area contributed by atoms with Crippen molar-refractivity contribution in [3.05, 3.63) is 198 Å². The molecule has 0 amide bonds. The highest BCUT2D eigenvalue weighted by Gasteiger charge is 2.25. The molecule has 0 fully saturated rings. The van der Waals surface area contributed by atoms with Gasteiger partial charge in [-0.15, -0.1) is 0 Å². The molecule has 0 aliphatic heterocycles. The molecular formula is C44H36BF4N. The third kappa shape index (κ3) is 8.10. The van der Waals surface area contributed by atoms with Crippen LogP contribution in [0.4, 0.5) is 17.3 Å². The van der Waals surface area contributed by atoms with E-state index in [1.807, 2.05) is 0 Å². The van der Waals surface area contributed by atoms with Crippen LogP contribution in [-0.2, 0) is 6.54 Å². The van der Waals surface area contributed by atoms with Crippen molar-refractivity contribution in [2.24, 2.45) is 0 Å². The van der Waals surface area contributed by atoms with Gasteiger partial charge in [0.1, 0.15) is 6.54 Å². The van der Waals surface area contributed by atoms with Gasteiger partial charge in [-0.3, -0.25) is 0 Å². The first kappa shape index (κ1) is 34.1. The SMILES string of the molecule is CCC[n+]1cc2ccc(C(=C(c3ccccc3)c3ccccc3)c3ccccc3)cc2c(-c2ccccc2)c1-c1ccccc1.F[B-](F)(F)F. The maximum absolute atomic E-state index is 9.75. The molecule has 0 N–H and O–H groups in total. The lowest BCUT2D eigenvalue weighted by atomic mass is 9.84. The molecule has 0 spiro atoms. The van der Waals surface area contributed by atoms with Crippen LogP contribution in [-0.4, -0.2) is 7.25 Å². The average molecular weight is 666 g/mol. The van der Waals surface area contributed by atoms with E-state index in [-0.39, 0.29) is 0 Å². The van der Waals surface area contributed by atoms with Gasteiger partial charge in [0.2, 0.25) is 5.69 Å². The summed E-state index contributed by atoms with van der Waals surface area (Å²) in [5.41, 5.74) is 12.2. The van der Waals surface area contributed by atoms with Gasteiger partial charge in [0.05, 0.1) is 5.56 Å². The molecule has 248 valence electrons.